The number of carbonyl (C=O) groups excluding carboxylic acids is 1. The Bertz CT molecular complexity index is 492. The molecule has 1 aliphatic rings. The van der Waals surface area contributed by atoms with Gasteiger partial charge in [0, 0.05) is 19.3 Å². The topological polar surface area (TPSA) is 54.0 Å². The fraction of sp³-hybridized carbons (Fsp3) is 0.600. The normalized spacial score (nSPS) is 26.1. The van der Waals surface area contributed by atoms with E-state index in [2.05, 4.69) is 29.5 Å². The highest BCUT2D eigenvalue weighted by molar-refractivity contribution is 5.95. The Morgan fingerprint density at radius 3 is 2.85 bits per heavy atom. The van der Waals surface area contributed by atoms with Crippen LogP contribution in [0.1, 0.15) is 43.5 Å². The van der Waals surface area contributed by atoms with E-state index in [0.29, 0.717) is 11.8 Å². The number of hydrogen-bond donors (Lipinski definition) is 2. The van der Waals surface area contributed by atoms with E-state index in [1.165, 1.54) is 18.7 Å². The van der Waals surface area contributed by atoms with Gasteiger partial charge in [-0.05, 0) is 24.3 Å². The molecular weight excluding hydrogens is 257 g/mol. The molecule has 0 aromatic carbocycles. The first-order valence-corrected chi connectivity index (χ1v) is 7.17. The van der Waals surface area contributed by atoms with Crippen LogP contribution in [0.3, 0.4) is 0 Å². The summed E-state index contributed by atoms with van der Waals surface area (Å²) in [6.45, 7) is 4.35. The Balaban J connectivity index is 2.12. The SMILES string of the molecule is CNc1nccc(C(=O)NC2CCCC(C)C2C)c1F. The molecule has 0 bridgehead atoms. The second kappa shape index (κ2) is 6.20. The van der Waals surface area contributed by atoms with Crippen molar-refractivity contribution in [2.75, 3.05) is 12.4 Å². The number of anilines is 1. The molecule has 0 saturated heterocycles. The largest absolute Gasteiger partial charge is 0.371 e. The van der Waals surface area contributed by atoms with Crippen LogP contribution in [0.4, 0.5) is 10.2 Å². The van der Waals surface area contributed by atoms with Gasteiger partial charge in [0.15, 0.2) is 11.6 Å². The van der Waals surface area contributed by atoms with Crippen LogP contribution in [-0.2, 0) is 0 Å². The lowest BCUT2D eigenvalue weighted by atomic mass is 9.78. The Hall–Kier alpha value is -1.65. The van der Waals surface area contributed by atoms with Crippen molar-refractivity contribution in [2.45, 2.75) is 39.2 Å². The number of halogens is 1. The molecule has 20 heavy (non-hydrogen) atoms. The molecule has 4 nitrogen and oxygen atoms in total. The van der Waals surface area contributed by atoms with Crippen LogP contribution < -0.4 is 10.6 Å². The van der Waals surface area contributed by atoms with Crippen LogP contribution in [0.15, 0.2) is 12.3 Å². The van der Waals surface area contributed by atoms with Crippen molar-refractivity contribution in [3.8, 4) is 0 Å². The number of nitrogens with zero attached hydrogens (tertiary/aromatic N) is 1. The van der Waals surface area contributed by atoms with Gasteiger partial charge in [0.25, 0.3) is 5.91 Å². The summed E-state index contributed by atoms with van der Waals surface area (Å²) in [7, 11) is 1.58. The van der Waals surface area contributed by atoms with Gasteiger partial charge >= 0.3 is 0 Å². The third kappa shape index (κ3) is 2.92. The van der Waals surface area contributed by atoms with Gasteiger partial charge in [-0.2, -0.15) is 0 Å². The number of hydrogen-bond acceptors (Lipinski definition) is 3. The Kier molecular flexibility index (Phi) is 4.57. The molecule has 0 spiro atoms. The van der Waals surface area contributed by atoms with Crippen molar-refractivity contribution < 1.29 is 9.18 Å². The minimum atomic E-state index is -0.594. The Morgan fingerprint density at radius 2 is 2.15 bits per heavy atom. The predicted octanol–water partition coefficient (Wildman–Crippen LogP) is 2.82. The fourth-order valence-corrected chi connectivity index (χ4v) is 2.83. The van der Waals surface area contributed by atoms with Crippen LogP contribution in [0, 0.1) is 17.7 Å². The minimum Gasteiger partial charge on any atom is -0.371 e. The summed E-state index contributed by atoms with van der Waals surface area (Å²) >= 11 is 0. The van der Waals surface area contributed by atoms with E-state index in [1.807, 2.05) is 0 Å². The molecular formula is C15H22FN3O. The highest BCUT2D eigenvalue weighted by Gasteiger charge is 2.29. The number of nitrogens with one attached hydrogen (secondary N) is 2. The molecule has 1 aromatic heterocycles. The monoisotopic (exact) mass is 279 g/mol. The first-order chi connectivity index (χ1) is 9.54. The lowest BCUT2D eigenvalue weighted by Crippen LogP contribution is -2.44. The predicted molar refractivity (Wildman–Crippen MR) is 77.2 cm³/mol. The molecule has 1 fully saturated rings. The Morgan fingerprint density at radius 1 is 1.40 bits per heavy atom. The number of carbonyl (C=O) groups is 1. The highest BCUT2D eigenvalue weighted by atomic mass is 19.1. The van der Waals surface area contributed by atoms with Crippen molar-refractivity contribution >= 4 is 11.7 Å². The zero-order chi connectivity index (χ0) is 14.7. The summed E-state index contributed by atoms with van der Waals surface area (Å²) in [6.07, 6.45) is 4.71. The summed E-state index contributed by atoms with van der Waals surface area (Å²) in [4.78, 5) is 16.1. The molecule has 1 heterocycles. The molecule has 5 heteroatoms. The minimum absolute atomic E-state index is 0.0507. The van der Waals surface area contributed by atoms with Crippen molar-refractivity contribution in [2.24, 2.45) is 11.8 Å². The molecule has 0 aliphatic heterocycles. The highest BCUT2D eigenvalue weighted by Crippen LogP contribution is 2.29. The summed E-state index contributed by atoms with van der Waals surface area (Å²) in [5.74, 6) is 0.157. The molecule has 2 rings (SSSR count). The standard InChI is InChI=1S/C15H22FN3O/c1-9-5-4-6-12(10(9)2)19-15(20)11-7-8-18-14(17-3)13(11)16/h7-10,12H,4-6H2,1-3H3,(H,17,18)(H,19,20). The smallest absolute Gasteiger partial charge is 0.254 e. The van der Waals surface area contributed by atoms with E-state index in [0.717, 1.165) is 12.8 Å². The van der Waals surface area contributed by atoms with Gasteiger partial charge in [-0.3, -0.25) is 4.79 Å². The van der Waals surface area contributed by atoms with E-state index in [9.17, 15) is 9.18 Å². The van der Waals surface area contributed by atoms with Crippen molar-refractivity contribution in [3.63, 3.8) is 0 Å². The lowest BCUT2D eigenvalue weighted by Gasteiger charge is -2.34. The fourth-order valence-electron chi connectivity index (χ4n) is 2.83. The van der Waals surface area contributed by atoms with Gasteiger partial charge < -0.3 is 10.6 Å². The summed E-state index contributed by atoms with van der Waals surface area (Å²) in [6, 6.07) is 1.54. The van der Waals surface area contributed by atoms with Gasteiger partial charge in [0.1, 0.15) is 0 Å². The molecule has 1 aromatic rings. The number of pyridine rings is 1. The number of aromatic nitrogens is 1. The third-order valence-electron chi connectivity index (χ3n) is 4.39. The third-order valence-corrected chi connectivity index (χ3v) is 4.39. The van der Waals surface area contributed by atoms with Crippen LogP contribution in [0.2, 0.25) is 0 Å². The van der Waals surface area contributed by atoms with Crippen LogP contribution in [-0.4, -0.2) is 24.0 Å². The first-order valence-electron chi connectivity index (χ1n) is 7.17. The molecule has 2 N–H and O–H groups in total. The van der Waals surface area contributed by atoms with E-state index in [1.54, 1.807) is 7.05 Å². The molecule has 1 aliphatic carbocycles. The van der Waals surface area contributed by atoms with Gasteiger partial charge in [-0.25, -0.2) is 9.37 Å². The van der Waals surface area contributed by atoms with E-state index < -0.39 is 5.82 Å². The number of rotatable bonds is 3. The first kappa shape index (κ1) is 14.8. The Labute approximate surface area is 119 Å². The maximum absolute atomic E-state index is 14.1. The van der Waals surface area contributed by atoms with E-state index in [4.69, 9.17) is 0 Å². The van der Waals surface area contributed by atoms with Crippen LogP contribution in [0.25, 0.3) is 0 Å². The van der Waals surface area contributed by atoms with Gasteiger partial charge in [0.2, 0.25) is 0 Å². The van der Waals surface area contributed by atoms with Gasteiger partial charge in [-0.1, -0.05) is 26.7 Å². The average molecular weight is 279 g/mol. The quantitative estimate of drug-likeness (QED) is 0.894. The zero-order valence-electron chi connectivity index (χ0n) is 12.2. The molecule has 110 valence electrons. The van der Waals surface area contributed by atoms with Gasteiger partial charge in [-0.15, -0.1) is 0 Å². The lowest BCUT2D eigenvalue weighted by molar-refractivity contribution is 0.0887. The molecule has 1 amide bonds. The van der Waals surface area contributed by atoms with Crippen molar-refractivity contribution in [3.05, 3.63) is 23.6 Å². The van der Waals surface area contributed by atoms with Crippen LogP contribution >= 0.6 is 0 Å². The molecule has 0 radical (unpaired) electrons. The summed E-state index contributed by atoms with van der Waals surface area (Å²) < 4.78 is 14.1. The van der Waals surface area contributed by atoms with Crippen molar-refractivity contribution in [1.82, 2.24) is 10.3 Å². The van der Waals surface area contributed by atoms with Crippen LogP contribution in [0.5, 0.6) is 0 Å². The number of amides is 1. The van der Waals surface area contributed by atoms with Crippen molar-refractivity contribution in [1.29, 1.82) is 0 Å². The molecule has 3 atom stereocenters. The maximum Gasteiger partial charge on any atom is 0.254 e. The zero-order valence-corrected chi connectivity index (χ0v) is 12.2. The summed E-state index contributed by atoms with van der Waals surface area (Å²) in [5.41, 5.74) is 0.0507. The molecule has 1 saturated carbocycles. The second-order valence-corrected chi connectivity index (χ2v) is 5.62. The van der Waals surface area contributed by atoms with E-state index in [-0.39, 0.29) is 23.3 Å². The van der Waals surface area contributed by atoms with Gasteiger partial charge in [0.05, 0.1) is 5.56 Å². The van der Waals surface area contributed by atoms with E-state index >= 15 is 0 Å². The second-order valence-electron chi connectivity index (χ2n) is 5.62. The maximum atomic E-state index is 14.1. The average Bonchev–Trinajstić information content (AvgIpc) is 2.44. The molecule has 3 unspecified atom stereocenters. The summed E-state index contributed by atoms with van der Waals surface area (Å²) in [5, 5.41) is 5.62.